The second-order valence-electron chi connectivity index (χ2n) is 4.24. The quantitative estimate of drug-likeness (QED) is 0.788. The Morgan fingerprint density at radius 3 is 2.76 bits per heavy atom. The van der Waals surface area contributed by atoms with Crippen LogP contribution in [-0.2, 0) is 10.0 Å². The smallest absolute Gasteiger partial charge is 0.233 e. The van der Waals surface area contributed by atoms with Crippen molar-refractivity contribution in [3.8, 4) is 6.07 Å². The van der Waals surface area contributed by atoms with E-state index in [9.17, 15) is 8.42 Å². The third-order valence-corrected chi connectivity index (χ3v) is 4.02. The number of nitriles is 1. The number of rotatable bonds is 4. The lowest BCUT2D eigenvalue weighted by Crippen LogP contribution is -2.18. The zero-order valence-electron chi connectivity index (χ0n) is 9.18. The van der Waals surface area contributed by atoms with Gasteiger partial charge in [-0.25, -0.2) is 8.42 Å². The summed E-state index contributed by atoms with van der Waals surface area (Å²) < 4.78 is 25.9. The molecule has 6 heteroatoms. The highest BCUT2D eigenvalue weighted by Crippen LogP contribution is 2.31. The van der Waals surface area contributed by atoms with Gasteiger partial charge in [-0.3, -0.25) is 4.72 Å². The van der Waals surface area contributed by atoms with Crippen molar-refractivity contribution in [3.63, 3.8) is 0 Å². The maximum Gasteiger partial charge on any atom is 0.233 e. The summed E-state index contributed by atoms with van der Waals surface area (Å²) in [5.41, 5.74) is 6.50. The molecule has 3 N–H and O–H groups in total. The molecule has 1 aliphatic carbocycles. The summed E-state index contributed by atoms with van der Waals surface area (Å²) in [6.45, 7) is 0. The summed E-state index contributed by atoms with van der Waals surface area (Å²) in [6.07, 6.45) is 1.93. The van der Waals surface area contributed by atoms with Gasteiger partial charge in [0.1, 0.15) is 6.07 Å². The topological polar surface area (TPSA) is 96.0 Å². The first-order chi connectivity index (χ1) is 8.00. The van der Waals surface area contributed by atoms with Crippen molar-refractivity contribution < 1.29 is 8.42 Å². The van der Waals surface area contributed by atoms with E-state index in [2.05, 4.69) is 4.72 Å². The first kappa shape index (κ1) is 11.7. The lowest BCUT2D eigenvalue weighted by atomic mass is 10.2. The van der Waals surface area contributed by atoms with Crippen LogP contribution in [0.15, 0.2) is 18.2 Å². The van der Waals surface area contributed by atoms with E-state index in [1.54, 1.807) is 6.07 Å². The normalized spacial score (nSPS) is 15.2. The van der Waals surface area contributed by atoms with E-state index >= 15 is 0 Å². The maximum atomic E-state index is 11.8. The minimum Gasteiger partial charge on any atom is -0.399 e. The van der Waals surface area contributed by atoms with Crippen molar-refractivity contribution >= 4 is 21.4 Å². The molecule has 0 atom stereocenters. The van der Waals surface area contributed by atoms with E-state index in [1.165, 1.54) is 12.1 Å². The zero-order valence-corrected chi connectivity index (χ0v) is 10.00. The Labute approximate surface area is 100 Å². The zero-order chi connectivity index (χ0) is 12.5. The Balaban J connectivity index is 2.20. The fourth-order valence-electron chi connectivity index (χ4n) is 1.55. The first-order valence-electron chi connectivity index (χ1n) is 5.30. The highest BCUT2D eigenvalue weighted by molar-refractivity contribution is 7.92. The summed E-state index contributed by atoms with van der Waals surface area (Å²) in [4.78, 5) is 0. The maximum absolute atomic E-state index is 11.8. The number of benzene rings is 1. The predicted octanol–water partition coefficient (Wildman–Crippen LogP) is 1.29. The number of nitrogens with two attached hydrogens (primary N) is 1. The van der Waals surface area contributed by atoms with Gasteiger partial charge in [0.15, 0.2) is 0 Å². The Bertz CT molecular complexity index is 571. The van der Waals surface area contributed by atoms with Gasteiger partial charge in [0.2, 0.25) is 10.0 Å². The van der Waals surface area contributed by atoms with Gasteiger partial charge >= 0.3 is 0 Å². The monoisotopic (exact) mass is 251 g/mol. The van der Waals surface area contributed by atoms with Crippen molar-refractivity contribution in [1.82, 2.24) is 0 Å². The predicted molar refractivity (Wildman–Crippen MR) is 65.7 cm³/mol. The standard InChI is InChI=1S/C11H13N3O2S/c12-6-9-5-10(13)3-4-11(9)14-17(15,16)7-8-1-2-8/h3-5,8,14H,1-2,7,13H2. The van der Waals surface area contributed by atoms with Gasteiger partial charge in [0.25, 0.3) is 0 Å². The lowest BCUT2D eigenvalue weighted by Gasteiger charge is -2.09. The molecule has 0 saturated heterocycles. The van der Waals surface area contributed by atoms with Gasteiger partial charge in [-0.1, -0.05) is 0 Å². The number of nitrogens with one attached hydrogen (secondary N) is 1. The van der Waals surface area contributed by atoms with Crippen molar-refractivity contribution in [3.05, 3.63) is 23.8 Å². The van der Waals surface area contributed by atoms with Crippen LogP contribution >= 0.6 is 0 Å². The number of anilines is 2. The number of sulfonamides is 1. The summed E-state index contributed by atoms with van der Waals surface area (Å²) in [6, 6.07) is 6.45. The second kappa shape index (κ2) is 4.26. The molecule has 0 aromatic heterocycles. The molecule has 0 amide bonds. The van der Waals surface area contributed by atoms with E-state index in [4.69, 9.17) is 11.0 Å². The minimum absolute atomic E-state index is 0.127. The molecule has 5 nitrogen and oxygen atoms in total. The number of hydrogen-bond acceptors (Lipinski definition) is 4. The second-order valence-corrected chi connectivity index (χ2v) is 6.01. The van der Waals surface area contributed by atoms with Crippen LogP contribution in [0.25, 0.3) is 0 Å². The number of nitrogens with zero attached hydrogens (tertiary/aromatic N) is 1. The highest BCUT2D eigenvalue weighted by atomic mass is 32.2. The molecule has 1 aliphatic rings. The van der Waals surface area contributed by atoms with Crippen LogP contribution in [0, 0.1) is 17.2 Å². The Morgan fingerprint density at radius 2 is 2.18 bits per heavy atom. The number of nitrogen functional groups attached to an aromatic ring is 1. The summed E-state index contributed by atoms with van der Waals surface area (Å²) in [5, 5.41) is 8.89. The average molecular weight is 251 g/mol. The average Bonchev–Trinajstić information content (AvgIpc) is 3.03. The van der Waals surface area contributed by atoms with E-state index in [0.717, 1.165) is 12.8 Å². The van der Waals surface area contributed by atoms with E-state index < -0.39 is 10.0 Å². The minimum atomic E-state index is -3.36. The van der Waals surface area contributed by atoms with Gasteiger partial charge < -0.3 is 5.73 Å². The van der Waals surface area contributed by atoms with Gasteiger partial charge in [-0.05, 0) is 37.0 Å². The number of hydrogen-bond donors (Lipinski definition) is 2. The Morgan fingerprint density at radius 1 is 1.47 bits per heavy atom. The fraction of sp³-hybridized carbons (Fsp3) is 0.364. The van der Waals surface area contributed by atoms with Gasteiger partial charge in [0.05, 0.1) is 17.0 Å². The lowest BCUT2D eigenvalue weighted by molar-refractivity contribution is 0.597. The van der Waals surface area contributed by atoms with Crippen molar-refractivity contribution in [1.29, 1.82) is 5.26 Å². The van der Waals surface area contributed by atoms with Crippen LogP contribution in [0.5, 0.6) is 0 Å². The van der Waals surface area contributed by atoms with Crippen LogP contribution in [0.1, 0.15) is 18.4 Å². The van der Waals surface area contributed by atoms with Crippen LogP contribution in [-0.4, -0.2) is 14.2 Å². The van der Waals surface area contributed by atoms with Crippen molar-refractivity contribution in [2.75, 3.05) is 16.2 Å². The SMILES string of the molecule is N#Cc1cc(N)ccc1NS(=O)(=O)CC1CC1. The largest absolute Gasteiger partial charge is 0.399 e. The third kappa shape index (κ3) is 3.11. The van der Waals surface area contributed by atoms with Gasteiger partial charge in [-0.2, -0.15) is 5.26 Å². The Hall–Kier alpha value is -1.74. The van der Waals surface area contributed by atoms with Crippen LogP contribution in [0.2, 0.25) is 0 Å². The molecule has 0 spiro atoms. The molecule has 1 aromatic rings. The van der Waals surface area contributed by atoms with Gasteiger partial charge in [0, 0.05) is 5.69 Å². The van der Waals surface area contributed by atoms with E-state index in [1.807, 2.05) is 6.07 Å². The summed E-state index contributed by atoms with van der Waals surface area (Å²) in [5.74, 6) is 0.397. The van der Waals surface area contributed by atoms with E-state index in [0.29, 0.717) is 11.4 Å². The molecule has 0 unspecified atom stereocenters. The molecule has 2 rings (SSSR count). The third-order valence-electron chi connectivity index (χ3n) is 2.58. The molecule has 90 valence electrons. The summed E-state index contributed by atoms with van der Waals surface area (Å²) >= 11 is 0. The molecule has 0 radical (unpaired) electrons. The van der Waals surface area contributed by atoms with Crippen LogP contribution < -0.4 is 10.5 Å². The Kier molecular flexibility index (Phi) is 2.94. The molecule has 0 bridgehead atoms. The highest BCUT2D eigenvalue weighted by Gasteiger charge is 2.28. The first-order valence-corrected chi connectivity index (χ1v) is 6.95. The van der Waals surface area contributed by atoms with Crippen LogP contribution in [0.4, 0.5) is 11.4 Å². The van der Waals surface area contributed by atoms with Gasteiger partial charge in [-0.15, -0.1) is 0 Å². The molecule has 1 saturated carbocycles. The molecule has 17 heavy (non-hydrogen) atoms. The molecular formula is C11H13N3O2S. The molecule has 1 aromatic carbocycles. The fourth-order valence-corrected chi connectivity index (χ4v) is 3.10. The molecule has 1 fully saturated rings. The van der Waals surface area contributed by atoms with E-state index in [-0.39, 0.29) is 17.2 Å². The molecule has 0 aliphatic heterocycles. The van der Waals surface area contributed by atoms with Crippen molar-refractivity contribution in [2.45, 2.75) is 12.8 Å². The van der Waals surface area contributed by atoms with Crippen molar-refractivity contribution in [2.24, 2.45) is 5.92 Å². The summed E-state index contributed by atoms with van der Waals surface area (Å²) in [7, 11) is -3.36. The molecule has 0 heterocycles. The molecular weight excluding hydrogens is 238 g/mol. The van der Waals surface area contributed by atoms with Crippen LogP contribution in [0.3, 0.4) is 0 Å².